The second-order valence-corrected chi connectivity index (χ2v) is 4.65. The van der Waals surface area contributed by atoms with Gasteiger partial charge in [0.05, 0.1) is 16.6 Å². The molecule has 0 bridgehead atoms. The number of benzene rings is 1. The fourth-order valence-corrected chi connectivity index (χ4v) is 1.78. The molecule has 0 radical (unpaired) electrons. The number of ether oxygens (including phenoxy) is 1. The second-order valence-electron chi connectivity index (χ2n) is 3.84. The normalized spacial score (nSPS) is 10.6. The number of aryl methyl sites for hydroxylation is 1. The minimum atomic E-state index is -0.0345. The van der Waals surface area contributed by atoms with Gasteiger partial charge in [-0.1, -0.05) is 23.2 Å². The van der Waals surface area contributed by atoms with Gasteiger partial charge in [-0.2, -0.15) is 0 Å². The van der Waals surface area contributed by atoms with E-state index in [0.717, 1.165) is 0 Å². The number of halogens is 2. The molecule has 1 N–H and O–H groups in total. The lowest BCUT2D eigenvalue weighted by Gasteiger charge is -2.07. The Kier molecular flexibility index (Phi) is 3.99. The number of hydrogen-bond acceptors (Lipinski definition) is 2. The fraction of sp³-hybridized carbons (Fsp3) is 0.250. The average molecular weight is 287 g/mol. The minimum absolute atomic E-state index is 0.0345. The van der Waals surface area contributed by atoms with Crippen molar-refractivity contribution in [3.05, 3.63) is 50.4 Å². The molecule has 0 saturated heterocycles. The number of aromatic nitrogens is 2. The highest BCUT2D eigenvalue weighted by molar-refractivity contribution is 6.42. The molecule has 0 amide bonds. The monoisotopic (exact) mass is 286 g/mol. The lowest BCUT2D eigenvalue weighted by atomic mass is 10.3. The van der Waals surface area contributed by atoms with E-state index in [1.54, 1.807) is 31.3 Å². The summed E-state index contributed by atoms with van der Waals surface area (Å²) in [6, 6.07) is 5.05. The predicted molar refractivity (Wildman–Crippen MR) is 71.7 cm³/mol. The summed E-state index contributed by atoms with van der Waals surface area (Å²) in [6.07, 6.45) is 1.67. The number of nitrogens with one attached hydrogen (secondary N) is 1. The molecule has 0 atom stereocenters. The predicted octanol–water partition coefficient (Wildman–Crippen LogP) is 2.87. The van der Waals surface area contributed by atoms with Crippen LogP contribution in [0.1, 0.15) is 5.56 Å². The van der Waals surface area contributed by atoms with Crippen LogP contribution in [0.5, 0.6) is 5.75 Å². The van der Waals surface area contributed by atoms with Crippen molar-refractivity contribution in [1.82, 2.24) is 9.78 Å². The third-order valence-electron chi connectivity index (χ3n) is 2.49. The molecule has 2 aromatic rings. The van der Waals surface area contributed by atoms with Crippen LogP contribution in [0.2, 0.25) is 10.0 Å². The highest BCUT2D eigenvalue weighted by Crippen LogP contribution is 2.26. The summed E-state index contributed by atoms with van der Waals surface area (Å²) in [6.45, 7) is 2.58. The SMILES string of the molecule is Cc1c[nH]n(CCOc2ccc(Cl)c(Cl)c2)c1=O. The standard InChI is InChI=1S/C12H12Cl2N2O2/c1-8-7-15-16(12(8)17)4-5-18-9-2-3-10(13)11(14)6-9/h2-3,6-7,15H,4-5H2,1H3. The van der Waals surface area contributed by atoms with Gasteiger partial charge in [-0.3, -0.25) is 4.79 Å². The van der Waals surface area contributed by atoms with E-state index < -0.39 is 0 Å². The Morgan fingerprint density at radius 1 is 1.33 bits per heavy atom. The molecule has 0 unspecified atom stereocenters. The van der Waals surface area contributed by atoms with Crippen molar-refractivity contribution in [3.8, 4) is 5.75 Å². The summed E-state index contributed by atoms with van der Waals surface area (Å²) in [5.41, 5.74) is 0.650. The smallest absolute Gasteiger partial charge is 0.269 e. The topological polar surface area (TPSA) is 47.0 Å². The van der Waals surface area contributed by atoms with Crippen LogP contribution in [-0.2, 0) is 6.54 Å². The molecule has 0 aliphatic carbocycles. The molecule has 0 aliphatic heterocycles. The Hall–Kier alpha value is -1.39. The van der Waals surface area contributed by atoms with E-state index in [1.807, 2.05) is 0 Å². The Morgan fingerprint density at radius 3 is 2.72 bits per heavy atom. The second kappa shape index (κ2) is 5.50. The molecule has 4 nitrogen and oxygen atoms in total. The van der Waals surface area contributed by atoms with Crippen molar-refractivity contribution in [2.45, 2.75) is 13.5 Å². The van der Waals surface area contributed by atoms with Gasteiger partial charge in [0, 0.05) is 17.8 Å². The third kappa shape index (κ3) is 2.89. The number of rotatable bonds is 4. The summed E-state index contributed by atoms with van der Waals surface area (Å²) in [4.78, 5) is 11.5. The molecule has 1 aromatic carbocycles. The van der Waals surface area contributed by atoms with E-state index in [4.69, 9.17) is 27.9 Å². The van der Waals surface area contributed by atoms with Gasteiger partial charge >= 0.3 is 0 Å². The zero-order valence-corrected chi connectivity index (χ0v) is 11.3. The summed E-state index contributed by atoms with van der Waals surface area (Å²) in [5, 5.41) is 3.79. The van der Waals surface area contributed by atoms with Crippen LogP contribution in [-0.4, -0.2) is 16.4 Å². The van der Waals surface area contributed by atoms with E-state index >= 15 is 0 Å². The maximum absolute atomic E-state index is 11.5. The molecule has 0 aliphatic rings. The highest BCUT2D eigenvalue weighted by atomic mass is 35.5. The molecule has 1 heterocycles. The molecule has 0 spiro atoms. The van der Waals surface area contributed by atoms with Crippen LogP contribution in [0.4, 0.5) is 0 Å². The van der Waals surface area contributed by atoms with Gasteiger partial charge in [0.1, 0.15) is 12.4 Å². The van der Waals surface area contributed by atoms with Crippen molar-refractivity contribution in [1.29, 1.82) is 0 Å². The van der Waals surface area contributed by atoms with Gasteiger partial charge < -0.3 is 9.84 Å². The summed E-state index contributed by atoms with van der Waals surface area (Å²) in [5.74, 6) is 0.626. The molecule has 6 heteroatoms. The molecule has 2 rings (SSSR count). The van der Waals surface area contributed by atoms with Crippen molar-refractivity contribution in [3.63, 3.8) is 0 Å². The number of hydrogen-bond donors (Lipinski definition) is 1. The van der Waals surface area contributed by atoms with E-state index in [1.165, 1.54) is 4.68 Å². The highest BCUT2D eigenvalue weighted by Gasteiger charge is 2.03. The minimum Gasteiger partial charge on any atom is -0.492 e. The Bertz CT molecular complexity index is 604. The first-order chi connectivity index (χ1) is 8.58. The van der Waals surface area contributed by atoms with Crippen LogP contribution < -0.4 is 10.3 Å². The largest absolute Gasteiger partial charge is 0.492 e. The molecular formula is C12H12Cl2N2O2. The lowest BCUT2D eigenvalue weighted by Crippen LogP contribution is -2.21. The summed E-state index contributed by atoms with van der Waals surface area (Å²) >= 11 is 11.7. The Morgan fingerprint density at radius 2 is 2.11 bits per heavy atom. The molecule has 1 aromatic heterocycles. The summed E-state index contributed by atoms with van der Waals surface area (Å²) < 4.78 is 6.98. The quantitative estimate of drug-likeness (QED) is 0.940. The van der Waals surface area contributed by atoms with E-state index in [9.17, 15) is 4.79 Å². The van der Waals surface area contributed by atoms with Gasteiger partial charge in [-0.25, -0.2) is 4.68 Å². The van der Waals surface area contributed by atoms with Gasteiger partial charge in [0.25, 0.3) is 5.56 Å². The van der Waals surface area contributed by atoms with Crippen LogP contribution in [0, 0.1) is 6.92 Å². The molecule has 0 fully saturated rings. The van der Waals surface area contributed by atoms with E-state index in [-0.39, 0.29) is 5.56 Å². The van der Waals surface area contributed by atoms with Crippen LogP contribution in [0.15, 0.2) is 29.2 Å². The summed E-state index contributed by atoms with van der Waals surface area (Å²) in [7, 11) is 0. The first-order valence-corrected chi connectivity index (χ1v) is 6.16. The number of H-pyrrole nitrogens is 1. The van der Waals surface area contributed by atoms with Crippen molar-refractivity contribution in [2.75, 3.05) is 6.61 Å². The number of nitrogens with zero attached hydrogens (tertiary/aromatic N) is 1. The zero-order chi connectivity index (χ0) is 13.1. The van der Waals surface area contributed by atoms with Crippen LogP contribution in [0.3, 0.4) is 0 Å². The number of aromatic amines is 1. The maximum Gasteiger partial charge on any atom is 0.269 e. The third-order valence-corrected chi connectivity index (χ3v) is 3.23. The van der Waals surface area contributed by atoms with Crippen LogP contribution in [0.25, 0.3) is 0 Å². The van der Waals surface area contributed by atoms with E-state index in [0.29, 0.717) is 34.5 Å². The van der Waals surface area contributed by atoms with Crippen molar-refractivity contribution < 1.29 is 4.74 Å². The van der Waals surface area contributed by atoms with Gasteiger partial charge in [0.2, 0.25) is 0 Å². The average Bonchev–Trinajstić information content (AvgIpc) is 2.66. The van der Waals surface area contributed by atoms with Gasteiger partial charge in [-0.05, 0) is 19.1 Å². The first-order valence-electron chi connectivity index (χ1n) is 5.40. The lowest BCUT2D eigenvalue weighted by molar-refractivity contribution is 0.289. The van der Waals surface area contributed by atoms with Gasteiger partial charge in [0.15, 0.2) is 0 Å². The Balaban J connectivity index is 1.94. The van der Waals surface area contributed by atoms with Crippen molar-refractivity contribution >= 4 is 23.2 Å². The molecule has 0 saturated carbocycles. The molecule has 96 valence electrons. The molecule has 18 heavy (non-hydrogen) atoms. The molecular weight excluding hydrogens is 275 g/mol. The maximum atomic E-state index is 11.5. The zero-order valence-electron chi connectivity index (χ0n) is 9.74. The van der Waals surface area contributed by atoms with E-state index in [2.05, 4.69) is 5.10 Å². The van der Waals surface area contributed by atoms with Crippen molar-refractivity contribution in [2.24, 2.45) is 0 Å². The van der Waals surface area contributed by atoms with Crippen LogP contribution >= 0.6 is 23.2 Å². The fourth-order valence-electron chi connectivity index (χ4n) is 1.50. The Labute approximate surface area is 114 Å². The van der Waals surface area contributed by atoms with Gasteiger partial charge in [-0.15, -0.1) is 0 Å². The first kappa shape index (κ1) is 13.1.